The van der Waals surface area contributed by atoms with Crippen LogP contribution in [-0.2, 0) is 4.74 Å². The van der Waals surface area contributed by atoms with E-state index in [1.165, 1.54) is 0 Å². The van der Waals surface area contributed by atoms with Crippen molar-refractivity contribution < 1.29 is 4.74 Å². The predicted octanol–water partition coefficient (Wildman–Crippen LogP) is 1.89. The third-order valence-corrected chi connectivity index (χ3v) is 2.10. The molecule has 0 aliphatic carbocycles. The maximum Gasteiger partial charge on any atom is 0.0666 e. The van der Waals surface area contributed by atoms with Crippen LogP contribution in [0.3, 0.4) is 0 Å². The van der Waals surface area contributed by atoms with Crippen molar-refractivity contribution in [3.8, 4) is 6.07 Å². The number of nitriles is 1. The maximum atomic E-state index is 8.68. The number of likely N-dealkylation sites (N-methyl/N-ethyl adjacent to an activating group) is 1. The molecule has 0 saturated carbocycles. The van der Waals surface area contributed by atoms with Gasteiger partial charge in [0.25, 0.3) is 0 Å². The Labute approximate surface area is 87.7 Å². The van der Waals surface area contributed by atoms with Crippen LogP contribution < -0.4 is 0 Å². The molecule has 3 nitrogen and oxygen atoms in total. The number of ether oxygens (including phenoxy) is 1. The fourth-order valence-electron chi connectivity index (χ4n) is 1.25. The van der Waals surface area contributed by atoms with Gasteiger partial charge in [-0.1, -0.05) is 13.8 Å². The SMILES string of the molecule is CCCOCCN(CC)CC(C)C#N. The molecule has 0 amide bonds. The Kier molecular flexibility index (Phi) is 8.61. The van der Waals surface area contributed by atoms with Crippen molar-refractivity contribution >= 4 is 0 Å². The highest BCUT2D eigenvalue weighted by Crippen LogP contribution is 1.98. The van der Waals surface area contributed by atoms with Gasteiger partial charge in [0.05, 0.1) is 18.6 Å². The van der Waals surface area contributed by atoms with Gasteiger partial charge in [-0.25, -0.2) is 0 Å². The van der Waals surface area contributed by atoms with E-state index in [1.807, 2.05) is 6.92 Å². The summed E-state index contributed by atoms with van der Waals surface area (Å²) in [6, 6.07) is 2.25. The molecule has 0 radical (unpaired) electrons. The van der Waals surface area contributed by atoms with Crippen LogP contribution >= 0.6 is 0 Å². The zero-order valence-corrected chi connectivity index (χ0v) is 9.62. The Bertz CT molecular complexity index is 165. The topological polar surface area (TPSA) is 36.3 Å². The molecule has 1 atom stereocenters. The van der Waals surface area contributed by atoms with Crippen LogP contribution in [0.25, 0.3) is 0 Å². The van der Waals surface area contributed by atoms with Crippen molar-refractivity contribution in [1.82, 2.24) is 4.90 Å². The van der Waals surface area contributed by atoms with E-state index in [4.69, 9.17) is 10.00 Å². The zero-order chi connectivity index (χ0) is 10.8. The molecular formula is C11H22N2O. The molecule has 0 aromatic carbocycles. The lowest BCUT2D eigenvalue weighted by molar-refractivity contribution is 0.103. The first-order valence-corrected chi connectivity index (χ1v) is 5.44. The maximum absolute atomic E-state index is 8.68. The molecule has 0 aliphatic heterocycles. The molecule has 3 heteroatoms. The molecule has 0 N–H and O–H groups in total. The molecule has 0 heterocycles. The Morgan fingerprint density at radius 2 is 2.07 bits per heavy atom. The third-order valence-electron chi connectivity index (χ3n) is 2.10. The summed E-state index contributed by atoms with van der Waals surface area (Å²) in [5, 5.41) is 8.68. The van der Waals surface area contributed by atoms with Gasteiger partial charge >= 0.3 is 0 Å². The van der Waals surface area contributed by atoms with Crippen molar-refractivity contribution in [3.05, 3.63) is 0 Å². The van der Waals surface area contributed by atoms with Crippen LogP contribution in [0, 0.1) is 17.2 Å². The Balaban J connectivity index is 3.54. The van der Waals surface area contributed by atoms with E-state index in [2.05, 4.69) is 24.8 Å². The largest absolute Gasteiger partial charge is 0.380 e. The molecule has 0 spiro atoms. The average Bonchev–Trinajstić information content (AvgIpc) is 2.22. The van der Waals surface area contributed by atoms with Crippen molar-refractivity contribution in [2.45, 2.75) is 27.2 Å². The van der Waals surface area contributed by atoms with Gasteiger partial charge in [0.2, 0.25) is 0 Å². The highest BCUT2D eigenvalue weighted by atomic mass is 16.5. The lowest BCUT2D eigenvalue weighted by Gasteiger charge is -2.21. The zero-order valence-electron chi connectivity index (χ0n) is 9.62. The van der Waals surface area contributed by atoms with E-state index in [1.54, 1.807) is 0 Å². The molecule has 0 fully saturated rings. The van der Waals surface area contributed by atoms with Crippen LogP contribution in [0.4, 0.5) is 0 Å². The van der Waals surface area contributed by atoms with Gasteiger partial charge in [-0.3, -0.25) is 0 Å². The third kappa shape index (κ3) is 6.88. The summed E-state index contributed by atoms with van der Waals surface area (Å²) < 4.78 is 5.41. The minimum absolute atomic E-state index is 0.112. The first-order chi connectivity index (χ1) is 6.74. The summed E-state index contributed by atoms with van der Waals surface area (Å²) in [5.74, 6) is 0.112. The fourth-order valence-corrected chi connectivity index (χ4v) is 1.25. The summed E-state index contributed by atoms with van der Waals surface area (Å²) in [5.41, 5.74) is 0. The van der Waals surface area contributed by atoms with Crippen LogP contribution in [0.15, 0.2) is 0 Å². The van der Waals surface area contributed by atoms with Gasteiger partial charge in [-0.2, -0.15) is 5.26 Å². The van der Waals surface area contributed by atoms with Crippen molar-refractivity contribution in [2.75, 3.05) is 32.8 Å². The van der Waals surface area contributed by atoms with E-state index in [-0.39, 0.29) is 5.92 Å². The normalized spacial score (nSPS) is 12.8. The Morgan fingerprint density at radius 3 is 2.57 bits per heavy atom. The summed E-state index contributed by atoms with van der Waals surface area (Å²) >= 11 is 0. The van der Waals surface area contributed by atoms with Gasteiger partial charge in [0, 0.05) is 19.7 Å². The highest BCUT2D eigenvalue weighted by Gasteiger charge is 2.06. The van der Waals surface area contributed by atoms with Gasteiger partial charge in [0.15, 0.2) is 0 Å². The van der Waals surface area contributed by atoms with E-state index in [9.17, 15) is 0 Å². The minimum atomic E-state index is 0.112. The summed E-state index contributed by atoms with van der Waals surface area (Å²) in [6.45, 7) is 10.6. The van der Waals surface area contributed by atoms with Gasteiger partial charge in [-0.05, 0) is 19.9 Å². The first kappa shape index (κ1) is 13.4. The average molecular weight is 198 g/mol. The van der Waals surface area contributed by atoms with E-state index >= 15 is 0 Å². The monoisotopic (exact) mass is 198 g/mol. The van der Waals surface area contributed by atoms with E-state index in [0.29, 0.717) is 0 Å². The Morgan fingerprint density at radius 1 is 1.36 bits per heavy atom. The summed E-state index contributed by atoms with van der Waals surface area (Å²) in [4.78, 5) is 2.25. The van der Waals surface area contributed by atoms with Crippen molar-refractivity contribution in [2.24, 2.45) is 5.92 Å². The van der Waals surface area contributed by atoms with Gasteiger partial charge in [-0.15, -0.1) is 0 Å². The number of hydrogen-bond acceptors (Lipinski definition) is 3. The van der Waals surface area contributed by atoms with Gasteiger partial charge in [0.1, 0.15) is 0 Å². The number of hydrogen-bond donors (Lipinski definition) is 0. The van der Waals surface area contributed by atoms with E-state index < -0.39 is 0 Å². The van der Waals surface area contributed by atoms with E-state index in [0.717, 1.165) is 39.3 Å². The molecule has 0 bridgehead atoms. The molecule has 82 valence electrons. The number of nitrogens with zero attached hydrogens (tertiary/aromatic N) is 2. The molecule has 0 rings (SSSR count). The van der Waals surface area contributed by atoms with Gasteiger partial charge < -0.3 is 9.64 Å². The lowest BCUT2D eigenvalue weighted by Crippen LogP contribution is -2.31. The molecule has 0 aliphatic rings. The highest BCUT2D eigenvalue weighted by molar-refractivity contribution is 4.81. The first-order valence-electron chi connectivity index (χ1n) is 5.44. The van der Waals surface area contributed by atoms with Crippen LogP contribution in [0.2, 0.25) is 0 Å². The fraction of sp³-hybridized carbons (Fsp3) is 0.909. The van der Waals surface area contributed by atoms with Crippen LogP contribution in [-0.4, -0.2) is 37.7 Å². The molecular weight excluding hydrogens is 176 g/mol. The standard InChI is InChI=1S/C11H22N2O/c1-4-7-14-8-6-13(5-2)10-11(3)9-12/h11H,4-8,10H2,1-3H3. The van der Waals surface area contributed by atoms with Crippen molar-refractivity contribution in [1.29, 1.82) is 5.26 Å². The summed E-state index contributed by atoms with van der Waals surface area (Å²) in [7, 11) is 0. The van der Waals surface area contributed by atoms with Crippen molar-refractivity contribution in [3.63, 3.8) is 0 Å². The quantitative estimate of drug-likeness (QED) is 0.559. The van der Waals surface area contributed by atoms with Crippen LogP contribution in [0.5, 0.6) is 0 Å². The molecule has 0 aromatic heterocycles. The minimum Gasteiger partial charge on any atom is -0.380 e. The molecule has 0 aromatic rings. The molecule has 1 unspecified atom stereocenters. The second-order valence-electron chi connectivity index (χ2n) is 3.54. The smallest absolute Gasteiger partial charge is 0.0666 e. The second kappa shape index (κ2) is 8.98. The molecule has 0 saturated heterocycles. The van der Waals surface area contributed by atoms with Crippen LogP contribution in [0.1, 0.15) is 27.2 Å². The second-order valence-corrected chi connectivity index (χ2v) is 3.54. The molecule has 14 heavy (non-hydrogen) atoms. The lowest BCUT2D eigenvalue weighted by atomic mass is 10.2. The predicted molar refractivity (Wildman–Crippen MR) is 58.0 cm³/mol. The Hall–Kier alpha value is -0.590. The number of rotatable bonds is 8. The summed E-state index contributed by atoms with van der Waals surface area (Å²) in [6.07, 6.45) is 1.07.